The van der Waals surface area contributed by atoms with E-state index in [0.29, 0.717) is 0 Å². The molecule has 20 heavy (non-hydrogen) atoms. The Morgan fingerprint density at radius 1 is 1.10 bits per heavy atom. The predicted molar refractivity (Wildman–Crippen MR) is 83.2 cm³/mol. The number of fused-ring (bicyclic) bond motifs is 1. The van der Waals surface area contributed by atoms with Gasteiger partial charge in [-0.3, -0.25) is 0 Å². The molecule has 3 heteroatoms. The molecular weight excluding hydrogens is 270 g/mol. The van der Waals surface area contributed by atoms with Crippen LogP contribution in [0.2, 0.25) is 5.02 Å². The van der Waals surface area contributed by atoms with Crippen molar-refractivity contribution in [1.29, 1.82) is 0 Å². The average Bonchev–Trinajstić information content (AvgIpc) is 2.69. The Labute approximate surface area is 124 Å². The molecule has 0 bridgehead atoms. The number of aliphatic hydroxyl groups excluding tert-OH is 1. The number of anilines is 1. The second-order valence-corrected chi connectivity index (χ2v) is 5.64. The molecular formula is C17H18ClNO. The zero-order valence-corrected chi connectivity index (χ0v) is 12.1. The highest BCUT2D eigenvalue weighted by Gasteiger charge is 2.16. The molecule has 1 heterocycles. The van der Waals surface area contributed by atoms with Crippen molar-refractivity contribution in [3.8, 4) is 0 Å². The van der Waals surface area contributed by atoms with Crippen molar-refractivity contribution < 1.29 is 5.11 Å². The van der Waals surface area contributed by atoms with Crippen LogP contribution in [0.5, 0.6) is 0 Å². The molecule has 0 aliphatic carbocycles. The van der Waals surface area contributed by atoms with Crippen molar-refractivity contribution >= 4 is 17.3 Å². The second kappa shape index (κ2) is 5.86. The minimum atomic E-state index is 0.0306. The number of nitrogens with zero attached hydrogens (tertiary/aromatic N) is 1. The Morgan fingerprint density at radius 2 is 1.90 bits per heavy atom. The van der Waals surface area contributed by atoms with Gasteiger partial charge in [0.05, 0.1) is 17.3 Å². The molecule has 0 spiro atoms. The van der Waals surface area contributed by atoms with E-state index in [2.05, 4.69) is 29.2 Å². The third-order valence-electron chi connectivity index (χ3n) is 3.89. The Kier molecular flexibility index (Phi) is 3.95. The van der Waals surface area contributed by atoms with Gasteiger partial charge in [0.15, 0.2) is 0 Å². The van der Waals surface area contributed by atoms with Crippen LogP contribution in [0.15, 0.2) is 42.5 Å². The van der Waals surface area contributed by atoms with Crippen molar-refractivity contribution in [2.24, 2.45) is 0 Å². The molecule has 2 aromatic carbocycles. The number of rotatable bonds is 2. The molecule has 0 unspecified atom stereocenters. The maximum Gasteiger partial charge on any atom is 0.0682 e. The Morgan fingerprint density at radius 3 is 2.65 bits per heavy atom. The summed E-state index contributed by atoms with van der Waals surface area (Å²) in [6, 6.07) is 14.4. The molecule has 0 amide bonds. The zero-order valence-electron chi connectivity index (χ0n) is 11.3. The summed E-state index contributed by atoms with van der Waals surface area (Å²) in [5, 5.41) is 9.88. The van der Waals surface area contributed by atoms with Crippen LogP contribution < -0.4 is 4.90 Å². The zero-order chi connectivity index (χ0) is 13.9. The molecule has 0 saturated carbocycles. The highest BCUT2D eigenvalue weighted by Crippen LogP contribution is 2.30. The first-order valence-electron chi connectivity index (χ1n) is 6.99. The Balaban J connectivity index is 1.91. The molecule has 0 aromatic heterocycles. The smallest absolute Gasteiger partial charge is 0.0682 e. The summed E-state index contributed by atoms with van der Waals surface area (Å²) in [5.41, 5.74) is 4.74. The summed E-state index contributed by atoms with van der Waals surface area (Å²) in [5.74, 6) is 0. The van der Waals surface area contributed by atoms with Gasteiger partial charge in [-0.05, 0) is 41.7 Å². The number of hydrogen-bond donors (Lipinski definition) is 1. The lowest BCUT2D eigenvalue weighted by Crippen LogP contribution is -2.22. The minimum Gasteiger partial charge on any atom is -0.392 e. The lowest BCUT2D eigenvalue weighted by Gasteiger charge is -2.24. The summed E-state index contributed by atoms with van der Waals surface area (Å²) in [4.78, 5) is 2.33. The van der Waals surface area contributed by atoms with Gasteiger partial charge in [-0.2, -0.15) is 0 Å². The van der Waals surface area contributed by atoms with Crippen molar-refractivity contribution in [2.75, 3.05) is 11.4 Å². The molecule has 0 fully saturated rings. The fourth-order valence-corrected chi connectivity index (χ4v) is 3.13. The lowest BCUT2D eigenvalue weighted by atomic mass is 10.0. The first-order chi connectivity index (χ1) is 9.78. The van der Waals surface area contributed by atoms with Gasteiger partial charge >= 0.3 is 0 Å². The number of halogens is 1. The van der Waals surface area contributed by atoms with Crippen molar-refractivity contribution in [2.45, 2.75) is 26.0 Å². The maximum atomic E-state index is 9.17. The van der Waals surface area contributed by atoms with E-state index in [1.54, 1.807) is 0 Å². The van der Waals surface area contributed by atoms with Gasteiger partial charge in [0.2, 0.25) is 0 Å². The van der Waals surface area contributed by atoms with Crippen LogP contribution in [0.25, 0.3) is 0 Å². The fourth-order valence-electron chi connectivity index (χ4n) is 2.81. The van der Waals surface area contributed by atoms with Crippen LogP contribution in [0.3, 0.4) is 0 Å². The molecule has 0 atom stereocenters. The normalized spacial score (nSPS) is 14.8. The summed E-state index contributed by atoms with van der Waals surface area (Å²) in [6.45, 7) is 1.93. The minimum absolute atomic E-state index is 0.0306. The van der Waals surface area contributed by atoms with Gasteiger partial charge in [-0.25, -0.2) is 0 Å². The molecule has 104 valence electrons. The monoisotopic (exact) mass is 287 g/mol. The fraction of sp³-hybridized carbons (Fsp3) is 0.294. The van der Waals surface area contributed by atoms with Gasteiger partial charge in [0.1, 0.15) is 0 Å². The van der Waals surface area contributed by atoms with Gasteiger partial charge < -0.3 is 10.0 Å². The number of aliphatic hydroxyl groups is 1. The third-order valence-corrected chi connectivity index (χ3v) is 4.19. The Hall–Kier alpha value is -1.51. The van der Waals surface area contributed by atoms with Gasteiger partial charge in [0.25, 0.3) is 0 Å². The molecule has 0 saturated heterocycles. The topological polar surface area (TPSA) is 23.5 Å². The Bertz CT molecular complexity index is 612. The number of hydrogen-bond acceptors (Lipinski definition) is 2. The van der Waals surface area contributed by atoms with E-state index in [-0.39, 0.29) is 6.61 Å². The summed E-state index contributed by atoms with van der Waals surface area (Å²) < 4.78 is 0. The highest BCUT2D eigenvalue weighted by molar-refractivity contribution is 6.33. The quantitative estimate of drug-likeness (QED) is 0.908. The van der Waals surface area contributed by atoms with E-state index in [4.69, 9.17) is 16.7 Å². The van der Waals surface area contributed by atoms with E-state index in [0.717, 1.165) is 42.2 Å². The average molecular weight is 288 g/mol. The molecule has 1 N–H and O–H groups in total. The standard InChI is InChI=1S/C17H18ClNO/c18-16-10-13(12-20)7-8-17(16)19-9-3-6-14-4-1-2-5-15(14)11-19/h1-2,4-5,7-8,10,20H,3,6,9,11-12H2. The van der Waals surface area contributed by atoms with E-state index in [9.17, 15) is 0 Å². The molecule has 1 aliphatic heterocycles. The van der Waals surface area contributed by atoms with E-state index < -0.39 is 0 Å². The van der Waals surface area contributed by atoms with Crippen molar-refractivity contribution in [3.05, 3.63) is 64.2 Å². The molecule has 2 nitrogen and oxygen atoms in total. The SMILES string of the molecule is OCc1ccc(N2CCCc3ccccc3C2)c(Cl)c1. The van der Waals surface area contributed by atoms with Crippen LogP contribution in [0.1, 0.15) is 23.1 Å². The summed E-state index contributed by atoms with van der Waals surface area (Å²) in [6.07, 6.45) is 2.26. The van der Waals surface area contributed by atoms with Crippen LogP contribution in [0, 0.1) is 0 Å². The van der Waals surface area contributed by atoms with E-state index in [1.165, 1.54) is 11.1 Å². The van der Waals surface area contributed by atoms with Crippen molar-refractivity contribution in [3.63, 3.8) is 0 Å². The molecule has 3 rings (SSSR count). The van der Waals surface area contributed by atoms with E-state index in [1.807, 2.05) is 18.2 Å². The second-order valence-electron chi connectivity index (χ2n) is 5.24. The molecule has 2 aromatic rings. The maximum absolute atomic E-state index is 9.17. The van der Waals surface area contributed by atoms with Crippen LogP contribution >= 0.6 is 11.6 Å². The van der Waals surface area contributed by atoms with Gasteiger partial charge in [0, 0.05) is 13.1 Å². The van der Waals surface area contributed by atoms with E-state index >= 15 is 0 Å². The molecule has 1 aliphatic rings. The third kappa shape index (κ3) is 2.67. The predicted octanol–water partition coefficient (Wildman–Crippen LogP) is 3.79. The van der Waals surface area contributed by atoms with Gasteiger partial charge in [-0.1, -0.05) is 41.9 Å². The number of aryl methyl sites for hydroxylation is 1. The summed E-state index contributed by atoms with van der Waals surface area (Å²) in [7, 11) is 0. The lowest BCUT2D eigenvalue weighted by molar-refractivity contribution is 0.282. The number of benzene rings is 2. The first kappa shape index (κ1) is 13.5. The summed E-state index contributed by atoms with van der Waals surface area (Å²) >= 11 is 6.37. The van der Waals surface area contributed by atoms with Crippen LogP contribution in [0.4, 0.5) is 5.69 Å². The van der Waals surface area contributed by atoms with Crippen LogP contribution in [-0.4, -0.2) is 11.7 Å². The van der Waals surface area contributed by atoms with Crippen LogP contribution in [-0.2, 0) is 19.6 Å². The first-order valence-corrected chi connectivity index (χ1v) is 7.37. The van der Waals surface area contributed by atoms with Crippen molar-refractivity contribution in [1.82, 2.24) is 0 Å². The molecule has 0 radical (unpaired) electrons. The highest BCUT2D eigenvalue weighted by atomic mass is 35.5. The largest absolute Gasteiger partial charge is 0.392 e. The van der Waals surface area contributed by atoms with Gasteiger partial charge in [-0.15, -0.1) is 0 Å².